The van der Waals surface area contributed by atoms with Gasteiger partial charge in [-0.3, -0.25) is 0 Å². The number of hydrogen-bond donors (Lipinski definition) is 3. The van der Waals surface area contributed by atoms with Gasteiger partial charge in [0.2, 0.25) is 0 Å². The molecule has 1 atom stereocenters. The Morgan fingerprint density at radius 2 is 1.85 bits per heavy atom. The largest absolute Gasteiger partial charge is 0.478 e. The molecule has 2 aromatic carbocycles. The Labute approximate surface area is 153 Å². The first-order chi connectivity index (χ1) is 12.3. The molecule has 2 aromatic rings. The summed E-state index contributed by atoms with van der Waals surface area (Å²) in [6, 6.07) is 13.8. The Morgan fingerprint density at radius 3 is 2.46 bits per heavy atom. The van der Waals surface area contributed by atoms with Gasteiger partial charge in [-0.05, 0) is 53.7 Å². The van der Waals surface area contributed by atoms with Crippen molar-refractivity contribution in [1.29, 1.82) is 0 Å². The highest BCUT2D eigenvalue weighted by molar-refractivity contribution is 6.16. The van der Waals surface area contributed by atoms with E-state index in [4.69, 9.17) is 0 Å². The summed E-state index contributed by atoms with van der Waals surface area (Å²) in [5.41, 5.74) is 4.46. The van der Waals surface area contributed by atoms with E-state index in [0.29, 0.717) is 24.0 Å². The van der Waals surface area contributed by atoms with Gasteiger partial charge >= 0.3 is 5.97 Å². The molecule has 0 bridgehead atoms. The van der Waals surface area contributed by atoms with Crippen LogP contribution in [0.4, 0.5) is 0 Å². The Bertz CT molecular complexity index is 850. The van der Waals surface area contributed by atoms with E-state index in [2.05, 4.69) is 0 Å². The summed E-state index contributed by atoms with van der Waals surface area (Å²) in [6.45, 7) is 3.96. The first-order valence-corrected chi connectivity index (χ1v) is 8.92. The van der Waals surface area contributed by atoms with Crippen molar-refractivity contribution in [3.05, 3.63) is 76.4 Å². The lowest BCUT2D eigenvalue weighted by Crippen LogP contribution is -2.38. The highest BCUT2D eigenvalue weighted by Crippen LogP contribution is 2.43. The van der Waals surface area contributed by atoms with Crippen LogP contribution in [0.5, 0.6) is 0 Å². The minimum atomic E-state index is -2.15. The molecule has 0 amide bonds. The number of aryl methyl sites for hydroxylation is 1. The smallest absolute Gasteiger partial charge is 0.336 e. The van der Waals surface area contributed by atoms with Crippen LogP contribution in [0, 0.1) is 6.92 Å². The van der Waals surface area contributed by atoms with E-state index in [1.807, 2.05) is 56.3 Å². The maximum atomic E-state index is 11.7. The summed E-state index contributed by atoms with van der Waals surface area (Å²) >= 11 is 0. The Morgan fingerprint density at radius 1 is 1.15 bits per heavy atom. The molecule has 4 heteroatoms. The molecule has 3 rings (SSSR count). The van der Waals surface area contributed by atoms with Gasteiger partial charge in [-0.15, -0.1) is 0 Å². The first kappa shape index (κ1) is 18.4. The maximum Gasteiger partial charge on any atom is 0.336 e. The number of rotatable bonds is 5. The van der Waals surface area contributed by atoms with Crippen LogP contribution in [-0.2, 0) is 11.2 Å². The van der Waals surface area contributed by atoms with E-state index < -0.39 is 17.7 Å². The number of carboxylic acid groups (broad SMARTS) is 1. The molecule has 3 N–H and O–H groups in total. The zero-order chi connectivity index (χ0) is 18.9. The fourth-order valence-corrected chi connectivity index (χ4v) is 3.76. The third-order valence-electron chi connectivity index (χ3n) is 5.09. The number of aliphatic carboxylic acids is 1. The van der Waals surface area contributed by atoms with Gasteiger partial charge in [0.25, 0.3) is 0 Å². The van der Waals surface area contributed by atoms with Crippen molar-refractivity contribution < 1.29 is 20.1 Å². The number of aliphatic hydroxyl groups is 2. The molecule has 4 nitrogen and oxygen atoms in total. The Kier molecular flexibility index (Phi) is 4.99. The molecule has 1 aliphatic rings. The van der Waals surface area contributed by atoms with Gasteiger partial charge in [-0.2, -0.15) is 0 Å². The molecule has 26 heavy (non-hydrogen) atoms. The van der Waals surface area contributed by atoms with E-state index in [9.17, 15) is 20.1 Å². The standard InChI is InChI=1S/C22H24O4/c1-3-7-20-18-10-14(2)16(11-15-8-5-4-6-9-15)12-17(18)19(21(23)24)13-22(20,25)26/h4-6,8-10,12-13,20,25-26H,3,7,11H2,1-2H3,(H,23,24). The van der Waals surface area contributed by atoms with E-state index in [1.54, 1.807) is 0 Å². The van der Waals surface area contributed by atoms with E-state index >= 15 is 0 Å². The van der Waals surface area contributed by atoms with Crippen LogP contribution in [0.1, 0.15) is 53.5 Å². The van der Waals surface area contributed by atoms with Gasteiger partial charge in [-0.1, -0.05) is 55.8 Å². The van der Waals surface area contributed by atoms with Crippen molar-refractivity contribution in [2.24, 2.45) is 0 Å². The quantitative estimate of drug-likeness (QED) is 0.718. The van der Waals surface area contributed by atoms with Crippen LogP contribution in [0.2, 0.25) is 0 Å². The van der Waals surface area contributed by atoms with Gasteiger partial charge in [0.05, 0.1) is 5.57 Å². The highest BCUT2D eigenvalue weighted by atomic mass is 16.5. The third-order valence-corrected chi connectivity index (χ3v) is 5.09. The summed E-state index contributed by atoms with van der Waals surface area (Å²) in [5, 5.41) is 30.5. The van der Waals surface area contributed by atoms with Gasteiger partial charge < -0.3 is 15.3 Å². The summed E-state index contributed by atoms with van der Waals surface area (Å²) in [5.74, 6) is -3.83. The van der Waals surface area contributed by atoms with Crippen LogP contribution in [0.25, 0.3) is 5.57 Å². The van der Waals surface area contributed by atoms with Crippen molar-refractivity contribution in [3.63, 3.8) is 0 Å². The van der Waals surface area contributed by atoms with Crippen molar-refractivity contribution in [2.45, 2.75) is 44.8 Å². The summed E-state index contributed by atoms with van der Waals surface area (Å²) < 4.78 is 0. The Balaban J connectivity index is 2.13. The molecule has 0 saturated heterocycles. The SMILES string of the molecule is CCCC1c2cc(C)c(Cc3ccccc3)cc2C(C(=O)O)=CC1(O)O. The second-order valence-electron chi connectivity index (χ2n) is 7.02. The fourth-order valence-electron chi connectivity index (χ4n) is 3.76. The molecule has 1 unspecified atom stereocenters. The number of carboxylic acids is 1. The second-order valence-corrected chi connectivity index (χ2v) is 7.02. The van der Waals surface area contributed by atoms with Crippen LogP contribution in [0.15, 0.2) is 48.5 Å². The van der Waals surface area contributed by atoms with Crippen LogP contribution in [0.3, 0.4) is 0 Å². The topological polar surface area (TPSA) is 77.8 Å². The van der Waals surface area contributed by atoms with Crippen molar-refractivity contribution in [3.8, 4) is 0 Å². The highest BCUT2D eigenvalue weighted by Gasteiger charge is 2.40. The molecule has 0 aliphatic heterocycles. The monoisotopic (exact) mass is 352 g/mol. The van der Waals surface area contributed by atoms with Gasteiger partial charge in [0.1, 0.15) is 0 Å². The van der Waals surface area contributed by atoms with Gasteiger partial charge in [0.15, 0.2) is 5.79 Å². The van der Waals surface area contributed by atoms with E-state index in [0.717, 1.165) is 29.2 Å². The number of carbonyl (C=O) groups is 1. The van der Waals surface area contributed by atoms with Crippen LogP contribution >= 0.6 is 0 Å². The van der Waals surface area contributed by atoms with Crippen molar-refractivity contribution in [2.75, 3.05) is 0 Å². The van der Waals surface area contributed by atoms with Crippen molar-refractivity contribution >= 4 is 11.5 Å². The molecule has 136 valence electrons. The predicted octanol–water partition coefficient (Wildman–Crippen LogP) is 3.63. The van der Waals surface area contributed by atoms with E-state index in [1.165, 1.54) is 0 Å². The van der Waals surface area contributed by atoms with E-state index in [-0.39, 0.29) is 5.57 Å². The minimum absolute atomic E-state index is 0.0494. The fraction of sp³-hybridized carbons (Fsp3) is 0.318. The first-order valence-electron chi connectivity index (χ1n) is 8.92. The molecule has 0 fully saturated rings. The average molecular weight is 352 g/mol. The third kappa shape index (κ3) is 3.43. The summed E-state index contributed by atoms with van der Waals surface area (Å²) in [7, 11) is 0. The van der Waals surface area contributed by atoms with Gasteiger partial charge in [0, 0.05) is 5.92 Å². The molecule has 0 radical (unpaired) electrons. The van der Waals surface area contributed by atoms with Crippen LogP contribution < -0.4 is 0 Å². The van der Waals surface area contributed by atoms with Gasteiger partial charge in [-0.25, -0.2) is 4.79 Å². The molecule has 0 heterocycles. The molecule has 0 spiro atoms. The molecule has 1 aliphatic carbocycles. The number of hydrogen-bond acceptors (Lipinski definition) is 3. The normalized spacial score (nSPS) is 18.2. The maximum absolute atomic E-state index is 11.7. The lowest BCUT2D eigenvalue weighted by molar-refractivity contribution is -0.142. The lowest BCUT2D eigenvalue weighted by atomic mass is 9.75. The summed E-state index contributed by atoms with van der Waals surface area (Å²) in [6.07, 6.45) is 3.13. The average Bonchev–Trinajstić information content (AvgIpc) is 2.59. The molecular weight excluding hydrogens is 328 g/mol. The zero-order valence-corrected chi connectivity index (χ0v) is 15.1. The molecule has 0 aromatic heterocycles. The second kappa shape index (κ2) is 7.06. The lowest BCUT2D eigenvalue weighted by Gasteiger charge is -2.35. The predicted molar refractivity (Wildman–Crippen MR) is 101 cm³/mol. The summed E-state index contributed by atoms with van der Waals surface area (Å²) in [4.78, 5) is 11.7. The van der Waals surface area contributed by atoms with Crippen LogP contribution in [-0.4, -0.2) is 27.1 Å². The number of benzene rings is 2. The van der Waals surface area contributed by atoms with Crippen molar-refractivity contribution in [1.82, 2.24) is 0 Å². The number of fused-ring (bicyclic) bond motifs is 1. The molecular formula is C22H24O4. The minimum Gasteiger partial charge on any atom is -0.478 e. The molecule has 0 saturated carbocycles. The Hall–Kier alpha value is -2.43. The zero-order valence-electron chi connectivity index (χ0n) is 15.1.